The van der Waals surface area contributed by atoms with E-state index in [1.54, 1.807) is 0 Å². The van der Waals surface area contributed by atoms with E-state index >= 15 is 0 Å². The van der Waals surface area contributed by atoms with Crippen LogP contribution in [-0.4, -0.2) is 25.0 Å². The standard InChI is InChI=1S/C19H28N2O/c1-14-12-16(9-11-20-14)18(22)21-13-19(2)10-5-7-15-6-3-4-8-17(15)19/h3-4,6,8,14,16,20H,5,7,9-13H2,1-2H3,(H,21,22)/t14-,16-,19?/m0/s1. The van der Waals surface area contributed by atoms with Crippen LogP contribution in [0, 0.1) is 5.92 Å². The van der Waals surface area contributed by atoms with Crippen molar-refractivity contribution >= 4 is 5.91 Å². The van der Waals surface area contributed by atoms with Crippen LogP contribution in [0.2, 0.25) is 0 Å². The van der Waals surface area contributed by atoms with Gasteiger partial charge in [0.05, 0.1) is 0 Å². The monoisotopic (exact) mass is 300 g/mol. The topological polar surface area (TPSA) is 41.1 Å². The van der Waals surface area contributed by atoms with Crippen molar-refractivity contribution in [1.29, 1.82) is 0 Å². The number of rotatable bonds is 3. The van der Waals surface area contributed by atoms with Gasteiger partial charge in [-0.25, -0.2) is 0 Å². The Morgan fingerprint density at radius 2 is 2.23 bits per heavy atom. The average molecular weight is 300 g/mol. The van der Waals surface area contributed by atoms with Gasteiger partial charge in [-0.1, -0.05) is 31.2 Å². The summed E-state index contributed by atoms with van der Waals surface area (Å²) in [6.07, 6.45) is 5.47. The summed E-state index contributed by atoms with van der Waals surface area (Å²) in [6.45, 7) is 6.19. The van der Waals surface area contributed by atoms with Gasteiger partial charge < -0.3 is 10.6 Å². The number of amides is 1. The summed E-state index contributed by atoms with van der Waals surface area (Å²) < 4.78 is 0. The van der Waals surface area contributed by atoms with E-state index in [0.717, 1.165) is 32.4 Å². The molecule has 0 bridgehead atoms. The first-order valence-electron chi connectivity index (χ1n) is 8.68. The molecule has 0 radical (unpaired) electrons. The molecule has 1 heterocycles. The van der Waals surface area contributed by atoms with Gasteiger partial charge in [-0.2, -0.15) is 0 Å². The normalized spacial score (nSPS) is 31.4. The van der Waals surface area contributed by atoms with Crippen molar-refractivity contribution in [1.82, 2.24) is 10.6 Å². The molecule has 22 heavy (non-hydrogen) atoms. The molecule has 3 rings (SSSR count). The van der Waals surface area contributed by atoms with Gasteiger partial charge in [-0.05, 0) is 56.7 Å². The lowest BCUT2D eigenvalue weighted by Crippen LogP contribution is -2.46. The average Bonchev–Trinajstić information content (AvgIpc) is 2.53. The smallest absolute Gasteiger partial charge is 0.223 e. The first-order valence-corrected chi connectivity index (χ1v) is 8.68. The lowest BCUT2D eigenvalue weighted by Gasteiger charge is -2.37. The predicted molar refractivity (Wildman–Crippen MR) is 89.9 cm³/mol. The maximum atomic E-state index is 12.5. The summed E-state index contributed by atoms with van der Waals surface area (Å²) >= 11 is 0. The number of aryl methyl sites for hydroxylation is 1. The van der Waals surface area contributed by atoms with Crippen LogP contribution in [0.25, 0.3) is 0 Å². The number of fused-ring (bicyclic) bond motifs is 1. The minimum absolute atomic E-state index is 0.0863. The second kappa shape index (κ2) is 6.41. The van der Waals surface area contributed by atoms with Gasteiger partial charge >= 0.3 is 0 Å². The van der Waals surface area contributed by atoms with Gasteiger partial charge in [-0.15, -0.1) is 0 Å². The van der Waals surface area contributed by atoms with E-state index in [1.807, 2.05) is 0 Å². The first kappa shape index (κ1) is 15.5. The van der Waals surface area contributed by atoms with Gasteiger partial charge in [0.15, 0.2) is 0 Å². The molecule has 120 valence electrons. The molecule has 3 nitrogen and oxygen atoms in total. The second-order valence-corrected chi connectivity index (χ2v) is 7.37. The van der Waals surface area contributed by atoms with Gasteiger partial charge in [0.2, 0.25) is 5.91 Å². The maximum absolute atomic E-state index is 12.5. The van der Waals surface area contributed by atoms with Crippen LogP contribution in [0.5, 0.6) is 0 Å². The number of hydrogen-bond donors (Lipinski definition) is 2. The minimum Gasteiger partial charge on any atom is -0.355 e. The molecule has 1 aromatic carbocycles. The van der Waals surface area contributed by atoms with Crippen LogP contribution < -0.4 is 10.6 Å². The fourth-order valence-corrected chi connectivity index (χ4v) is 4.11. The summed E-state index contributed by atoms with van der Waals surface area (Å²) in [4.78, 5) is 12.5. The number of carbonyl (C=O) groups excluding carboxylic acids is 1. The number of hydrogen-bond acceptors (Lipinski definition) is 2. The zero-order chi connectivity index (χ0) is 15.6. The SMILES string of the molecule is C[C@H]1C[C@@H](C(=O)NCC2(C)CCCc3ccccc32)CCN1. The highest BCUT2D eigenvalue weighted by molar-refractivity contribution is 5.79. The molecule has 1 saturated heterocycles. The fourth-order valence-electron chi connectivity index (χ4n) is 4.11. The van der Waals surface area contributed by atoms with Crippen LogP contribution in [0.15, 0.2) is 24.3 Å². The highest BCUT2D eigenvalue weighted by atomic mass is 16.1. The van der Waals surface area contributed by atoms with Crippen molar-refractivity contribution < 1.29 is 4.79 Å². The highest BCUT2D eigenvalue weighted by Gasteiger charge is 2.33. The Balaban J connectivity index is 1.65. The van der Waals surface area contributed by atoms with Crippen LogP contribution in [0.1, 0.15) is 50.7 Å². The first-order chi connectivity index (χ1) is 10.6. The van der Waals surface area contributed by atoms with Crippen LogP contribution in [0.3, 0.4) is 0 Å². The minimum atomic E-state index is 0.0863. The zero-order valence-electron chi connectivity index (χ0n) is 13.8. The van der Waals surface area contributed by atoms with Crippen LogP contribution in [0.4, 0.5) is 0 Å². The quantitative estimate of drug-likeness (QED) is 0.901. The van der Waals surface area contributed by atoms with E-state index in [-0.39, 0.29) is 17.2 Å². The molecule has 3 atom stereocenters. The Labute approximate surface area is 133 Å². The van der Waals surface area contributed by atoms with E-state index in [2.05, 4.69) is 48.7 Å². The number of benzene rings is 1. The van der Waals surface area contributed by atoms with Gasteiger partial charge in [0.1, 0.15) is 0 Å². The lowest BCUT2D eigenvalue weighted by molar-refractivity contribution is -0.126. The molecule has 2 N–H and O–H groups in total. The Bertz CT molecular complexity index is 542. The van der Waals surface area contributed by atoms with Crippen molar-refractivity contribution in [3.8, 4) is 0 Å². The summed E-state index contributed by atoms with van der Waals surface area (Å²) in [5, 5.41) is 6.67. The van der Waals surface area contributed by atoms with Crippen molar-refractivity contribution in [2.45, 2.75) is 57.4 Å². The van der Waals surface area contributed by atoms with Crippen molar-refractivity contribution in [3.63, 3.8) is 0 Å². The molecule has 1 aromatic rings. The van der Waals surface area contributed by atoms with E-state index in [9.17, 15) is 4.79 Å². The van der Waals surface area contributed by atoms with Gasteiger partial charge in [0, 0.05) is 23.9 Å². The Morgan fingerprint density at radius 3 is 3.05 bits per heavy atom. The van der Waals surface area contributed by atoms with E-state index in [1.165, 1.54) is 24.0 Å². The van der Waals surface area contributed by atoms with Gasteiger partial charge in [0.25, 0.3) is 0 Å². The molecule has 0 spiro atoms. The van der Waals surface area contributed by atoms with E-state index < -0.39 is 0 Å². The molecule has 0 aromatic heterocycles. The summed E-state index contributed by atoms with van der Waals surface area (Å²) in [5.74, 6) is 0.427. The molecule has 1 aliphatic carbocycles. The summed E-state index contributed by atoms with van der Waals surface area (Å²) in [5.41, 5.74) is 2.98. The molecule has 3 heteroatoms. The largest absolute Gasteiger partial charge is 0.355 e. The predicted octanol–water partition coefficient (Wildman–Crippen LogP) is 2.78. The number of carbonyl (C=O) groups is 1. The highest BCUT2D eigenvalue weighted by Crippen LogP contribution is 2.36. The molecule has 1 unspecified atom stereocenters. The van der Waals surface area contributed by atoms with Crippen molar-refractivity contribution in [2.75, 3.05) is 13.1 Å². The van der Waals surface area contributed by atoms with Crippen LogP contribution in [-0.2, 0) is 16.6 Å². The van der Waals surface area contributed by atoms with E-state index in [4.69, 9.17) is 0 Å². The summed E-state index contributed by atoms with van der Waals surface area (Å²) in [6, 6.07) is 9.18. The number of piperidine rings is 1. The Morgan fingerprint density at radius 1 is 1.41 bits per heavy atom. The van der Waals surface area contributed by atoms with Gasteiger partial charge in [-0.3, -0.25) is 4.79 Å². The molecule has 1 fully saturated rings. The molecule has 0 saturated carbocycles. The molecular formula is C19H28N2O. The fraction of sp³-hybridized carbons (Fsp3) is 0.632. The molecular weight excluding hydrogens is 272 g/mol. The molecule has 1 amide bonds. The maximum Gasteiger partial charge on any atom is 0.223 e. The van der Waals surface area contributed by atoms with Crippen molar-refractivity contribution in [2.24, 2.45) is 5.92 Å². The third-order valence-corrected chi connectivity index (χ3v) is 5.49. The molecule has 1 aliphatic heterocycles. The Hall–Kier alpha value is -1.35. The van der Waals surface area contributed by atoms with E-state index in [0.29, 0.717) is 6.04 Å². The third-order valence-electron chi connectivity index (χ3n) is 5.49. The summed E-state index contributed by atoms with van der Waals surface area (Å²) in [7, 11) is 0. The van der Waals surface area contributed by atoms with Crippen molar-refractivity contribution in [3.05, 3.63) is 35.4 Å². The second-order valence-electron chi connectivity index (χ2n) is 7.37. The number of nitrogens with one attached hydrogen (secondary N) is 2. The Kier molecular flexibility index (Phi) is 4.53. The van der Waals surface area contributed by atoms with Crippen LogP contribution >= 0.6 is 0 Å². The molecule has 2 aliphatic rings. The third kappa shape index (κ3) is 3.19. The zero-order valence-corrected chi connectivity index (χ0v) is 13.8. The lowest BCUT2D eigenvalue weighted by atomic mass is 9.71.